The average Bonchev–Trinajstić information content (AvgIpc) is 3.08. The zero-order valence-corrected chi connectivity index (χ0v) is 16.3. The Morgan fingerprint density at radius 2 is 1.96 bits per heavy atom. The van der Waals surface area contributed by atoms with Crippen molar-refractivity contribution in [1.82, 2.24) is 10.1 Å². The van der Waals surface area contributed by atoms with Crippen molar-refractivity contribution in [3.63, 3.8) is 0 Å². The molecule has 0 radical (unpaired) electrons. The fraction of sp³-hybridized carbons (Fsp3) is 0.286. The van der Waals surface area contributed by atoms with Crippen molar-refractivity contribution in [2.45, 2.75) is 39.7 Å². The molecule has 28 heavy (non-hydrogen) atoms. The van der Waals surface area contributed by atoms with Crippen LogP contribution >= 0.6 is 0 Å². The molecular formula is C21H23N3O4. The first-order valence-electron chi connectivity index (χ1n) is 9.08. The first kappa shape index (κ1) is 19.4. The van der Waals surface area contributed by atoms with E-state index in [0.717, 1.165) is 5.56 Å². The number of nitrogens with one attached hydrogen (secondary N) is 2. The third-order valence-corrected chi connectivity index (χ3v) is 4.39. The normalized spacial score (nSPS) is 12.0. The van der Waals surface area contributed by atoms with Crippen molar-refractivity contribution in [2.24, 2.45) is 0 Å². The van der Waals surface area contributed by atoms with Crippen molar-refractivity contribution in [1.29, 1.82) is 0 Å². The molecule has 0 aliphatic carbocycles. The number of hydrogen-bond donors (Lipinski definition) is 2. The molecule has 0 saturated heterocycles. The lowest BCUT2D eigenvalue weighted by Crippen LogP contribution is -2.30. The maximum Gasteiger partial charge on any atom is 0.439 e. The van der Waals surface area contributed by atoms with Gasteiger partial charge < -0.3 is 10.1 Å². The lowest BCUT2D eigenvalue weighted by Gasteiger charge is -2.17. The van der Waals surface area contributed by atoms with Gasteiger partial charge in [0, 0.05) is 11.3 Å². The molecule has 2 N–H and O–H groups in total. The highest BCUT2D eigenvalue weighted by molar-refractivity contribution is 5.94. The monoisotopic (exact) mass is 381 g/mol. The van der Waals surface area contributed by atoms with Gasteiger partial charge in [0.2, 0.25) is 0 Å². The molecule has 0 fully saturated rings. The topological polar surface area (TPSA) is 97.2 Å². The number of H-pyrrole nitrogens is 1. The fourth-order valence-electron chi connectivity index (χ4n) is 2.97. The molecule has 3 aromatic rings. The molecule has 0 bridgehead atoms. The zero-order chi connectivity index (χ0) is 20.3. The average molecular weight is 381 g/mol. The molecule has 3 rings (SSSR count). The standard InChI is InChI=1S/C21H23N3O4/c1-12(2)18-9-8-17(10-13(18)3)27-14(4)20(25)22-16-7-5-6-15(11-16)19-23-21(26)28-24-19/h5-12,14H,1-4H3,(H,22,25)(H,23,24,26). The summed E-state index contributed by atoms with van der Waals surface area (Å²) in [5, 5.41) is 6.45. The molecule has 7 heteroatoms. The summed E-state index contributed by atoms with van der Waals surface area (Å²) in [5.41, 5.74) is 3.58. The number of aryl methyl sites for hydroxylation is 1. The molecule has 0 spiro atoms. The number of aromatic nitrogens is 2. The maximum absolute atomic E-state index is 12.5. The van der Waals surface area contributed by atoms with Gasteiger partial charge in [0.15, 0.2) is 11.9 Å². The quantitative estimate of drug-likeness (QED) is 0.676. The molecular weight excluding hydrogens is 358 g/mol. The van der Waals surface area contributed by atoms with Gasteiger partial charge in [0.25, 0.3) is 5.91 Å². The second-order valence-electron chi connectivity index (χ2n) is 6.95. The van der Waals surface area contributed by atoms with E-state index in [-0.39, 0.29) is 5.91 Å². The number of rotatable bonds is 6. The van der Waals surface area contributed by atoms with Gasteiger partial charge in [-0.05, 0) is 55.2 Å². The Kier molecular flexibility index (Phi) is 5.63. The van der Waals surface area contributed by atoms with Gasteiger partial charge in [0.05, 0.1) is 0 Å². The summed E-state index contributed by atoms with van der Waals surface area (Å²) in [6.07, 6.45) is -0.681. The van der Waals surface area contributed by atoms with Crippen LogP contribution in [0.5, 0.6) is 5.75 Å². The van der Waals surface area contributed by atoms with Gasteiger partial charge in [-0.1, -0.05) is 37.2 Å². The SMILES string of the molecule is Cc1cc(OC(C)C(=O)Nc2cccc(-c3noc(=O)[nH]3)c2)ccc1C(C)C. The third-order valence-electron chi connectivity index (χ3n) is 4.39. The minimum Gasteiger partial charge on any atom is -0.481 e. The molecule has 7 nitrogen and oxygen atoms in total. The summed E-state index contributed by atoms with van der Waals surface area (Å²) in [5.74, 6) is 0.466. The minimum absolute atomic E-state index is 0.281. The summed E-state index contributed by atoms with van der Waals surface area (Å²) in [7, 11) is 0. The van der Waals surface area contributed by atoms with Crippen LogP contribution in [0.25, 0.3) is 11.4 Å². The number of nitrogens with zero attached hydrogens (tertiary/aromatic N) is 1. The number of aromatic amines is 1. The molecule has 1 aromatic heterocycles. The van der Waals surface area contributed by atoms with Crippen molar-refractivity contribution >= 4 is 11.6 Å². The van der Waals surface area contributed by atoms with Crippen LogP contribution in [-0.4, -0.2) is 22.2 Å². The van der Waals surface area contributed by atoms with E-state index in [0.29, 0.717) is 28.7 Å². The van der Waals surface area contributed by atoms with Crippen LogP contribution < -0.4 is 15.8 Å². The molecule has 1 heterocycles. The van der Waals surface area contributed by atoms with Gasteiger partial charge in [-0.15, -0.1) is 0 Å². The molecule has 0 saturated carbocycles. The summed E-state index contributed by atoms with van der Waals surface area (Å²) in [6.45, 7) is 8.01. The first-order chi connectivity index (χ1) is 13.3. The summed E-state index contributed by atoms with van der Waals surface area (Å²) in [4.78, 5) is 26.1. The Hall–Kier alpha value is -3.35. The van der Waals surface area contributed by atoms with Crippen LogP contribution in [0, 0.1) is 6.92 Å². The van der Waals surface area contributed by atoms with E-state index in [1.807, 2.05) is 25.1 Å². The second kappa shape index (κ2) is 8.12. The van der Waals surface area contributed by atoms with Crippen LogP contribution in [0.3, 0.4) is 0 Å². The number of amides is 1. The predicted molar refractivity (Wildman–Crippen MR) is 107 cm³/mol. The van der Waals surface area contributed by atoms with Crippen LogP contribution in [0.4, 0.5) is 5.69 Å². The van der Waals surface area contributed by atoms with Crippen molar-refractivity contribution in [2.75, 3.05) is 5.32 Å². The van der Waals surface area contributed by atoms with E-state index in [2.05, 4.69) is 33.8 Å². The van der Waals surface area contributed by atoms with Gasteiger partial charge in [0.1, 0.15) is 5.75 Å². The number of benzene rings is 2. The highest BCUT2D eigenvalue weighted by Gasteiger charge is 2.16. The van der Waals surface area contributed by atoms with Crippen molar-refractivity contribution < 1.29 is 14.1 Å². The van der Waals surface area contributed by atoms with E-state index in [4.69, 9.17) is 4.74 Å². The molecule has 146 valence electrons. The van der Waals surface area contributed by atoms with Gasteiger partial charge in [-0.25, -0.2) is 4.79 Å². The largest absolute Gasteiger partial charge is 0.481 e. The second-order valence-corrected chi connectivity index (χ2v) is 6.95. The van der Waals surface area contributed by atoms with Crippen LogP contribution in [-0.2, 0) is 4.79 Å². The van der Waals surface area contributed by atoms with E-state index in [1.165, 1.54) is 5.56 Å². The number of anilines is 1. The summed E-state index contributed by atoms with van der Waals surface area (Å²) in [6, 6.07) is 12.8. The first-order valence-corrected chi connectivity index (χ1v) is 9.08. The Balaban J connectivity index is 1.67. The Labute approximate surface area is 162 Å². The van der Waals surface area contributed by atoms with Gasteiger partial charge >= 0.3 is 5.76 Å². The Morgan fingerprint density at radius 1 is 1.18 bits per heavy atom. The van der Waals surface area contributed by atoms with Crippen LogP contribution in [0.1, 0.15) is 37.8 Å². The molecule has 1 unspecified atom stereocenters. The summed E-state index contributed by atoms with van der Waals surface area (Å²) < 4.78 is 10.3. The predicted octanol–water partition coefficient (Wildman–Crippen LogP) is 3.87. The zero-order valence-electron chi connectivity index (χ0n) is 16.3. The number of carbonyl (C=O) groups excluding carboxylic acids is 1. The molecule has 0 aliphatic heterocycles. The minimum atomic E-state index is -0.681. The lowest BCUT2D eigenvalue weighted by molar-refractivity contribution is -0.122. The lowest BCUT2D eigenvalue weighted by atomic mass is 9.98. The molecule has 1 amide bonds. The van der Waals surface area contributed by atoms with E-state index in [1.54, 1.807) is 31.2 Å². The molecule has 1 atom stereocenters. The highest BCUT2D eigenvalue weighted by Crippen LogP contribution is 2.24. The highest BCUT2D eigenvalue weighted by atomic mass is 16.5. The Bertz CT molecular complexity index is 1040. The number of hydrogen-bond acceptors (Lipinski definition) is 5. The number of ether oxygens (including phenoxy) is 1. The van der Waals surface area contributed by atoms with E-state index >= 15 is 0 Å². The smallest absolute Gasteiger partial charge is 0.439 e. The van der Waals surface area contributed by atoms with Crippen molar-refractivity contribution in [3.8, 4) is 17.1 Å². The van der Waals surface area contributed by atoms with Gasteiger partial charge in [-0.3, -0.25) is 14.3 Å². The fourth-order valence-corrected chi connectivity index (χ4v) is 2.97. The summed E-state index contributed by atoms with van der Waals surface area (Å²) >= 11 is 0. The van der Waals surface area contributed by atoms with Gasteiger partial charge in [-0.2, -0.15) is 0 Å². The number of carbonyl (C=O) groups is 1. The van der Waals surface area contributed by atoms with Crippen LogP contribution in [0.2, 0.25) is 0 Å². The van der Waals surface area contributed by atoms with Crippen molar-refractivity contribution in [3.05, 3.63) is 64.1 Å². The third kappa shape index (κ3) is 4.49. The Morgan fingerprint density at radius 3 is 2.61 bits per heavy atom. The van der Waals surface area contributed by atoms with Crippen LogP contribution in [0.15, 0.2) is 51.8 Å². The molecule has 0 aliphatic rings. The van der Waals surface area contributed by atoms with E-state index in [9.17, 15) is 9.59 Å². The van der Waals surface area contributed by atoms with E-state index < -0.39 is 11.9 Å². The maximum atomic E-state index is 12.5. The molecule has 2 aromatic carbocycles.